The van der Waals surface area contributed by atoms with Crippen molar-refractivity contribution < 1.29 is 0 Å². The van der Waals surface area contributed by atoms with Gasteiger partial charge in [0.15, 0.2) is 0 Å². The van der Waals surface area contributed by atoms with Crippen molar-refractivity contribution >= 4 is 5.71 Å². The van der Waals surface area contributed by atoms with Crippen LogP contribution in [0.25, 0.3) is 0 Å². The van der Waals surface area contributed by atoms with Crippen LogP contribution in [0.5, 0.6) is 0 Å². The Bertz CT molecular complexity index is 316. The standard InChI is InChI=1S/C14H23N/c1-13(2,3)11-7-8-12(14(4,5)6)15-10-9-11/h7,9-10H,8H2,1-6H3. The molecule has 0 amide bonds. The van der Waals surface area contributed by atoms with E-state index in [0.29, 0.717) is 0 Å². The van der Waals surface area contributed by atoms with Gasteiger partial charge in [0.05, 0.1) is 0 Å². The Morgan fingerprint density at radius 3 is 2.07 bits per heavy atom. The molecule has 0 saturated carbocycles. The van der Waals surface area contributed by atoms with Gasteiger partial charge in [0.2, 0.25) is 0 Å². The predicted octanol–water partition coefficient (Wildman–Crippen LogP) is 4.36. The molecule has 84 valence electrons. The first-order valence-corrected chi connectivity index (χ1v) is 5.65. The maximum Gasteiger partial charge on any atom is 0.0270 e. The summed E-state index contributed by atoms with van der Waals surface area (Å²) in [5, 5.41) is 0. The molecule has 1 heteroatoms. The summed E-state index contributed by atoms with van der Waals surface area (Å²) in [7, 11) is 0. The van der Waals surface area contributed by atoms with Crippen LogP contribution < -0.4 is 0 Å². The van der Waals surface area contributed by atoms with E-state index in [4.69, 9.17) is 0 Å². The van der Waals surface area contributed by atoms with Crippen LogP contribution in [0, 0.1) is 10.8 Å². The zero-order chi connectivity index (χ0) is 11.7. The van der Waals surface area contributed by atoms with Crippen molar-refractivity contribution in [2.24, 2.45) is 15.8 Å². The van der Waals surface area contributed by atoms with Crippen LogP contribution in [0.2, 0.25) is 0 Å². The summed E-state index contributed by atoms with van der Waals surface area (Å²) in [5.41, 5.74) is 3.04. The van der Waals surface area contributed by atoms with Gasteiger partial charge in [0.25, 0.3) is 0 Å². The molecular formula is C14H23N. The highest BCUT2D eigenvalue weighted by Gasteiger charge is 2.21. The monoisotopic (exact) mass is 205 g/mol. The molecule has 1 nitrogen and oxygen atoms in total. The van der Waals surface area contributed by atoms with Crippen LogP contribution in [0.1, 0.15) is 48.0 Å². The number of hydrogen-bond acceptors (Lipinski definition) is 1. The largest absolute Gasteiger partial charge is 0.265 e. The van der Waals surface area contributed by atoms with E-state index in [2.05, 4.69) is 58.7 Å². The number of allylic oxidation sites excluding steroid dienone is 3. The van der Waals surface area contributed by atoms with E-state index in [1.165, 1.54) is 11.3 Å². The van der Waals surface area contributed by atoms with Gasteiger partial charge in [0.1, 0.15) is 0 Å². The van der Waals surface area contributed by atoms with Crippen molar-refractivity contribution in [1.29, 1.82) is 0 Å². The minimum Gasteiger partial charge on any atom is -0.265 e. The van der Waals surface area contributed by atoms with Crippen LogP contribution in [-0.2, 0) is 0 Å². The Balaban J connectivity index is 2.91. The SMILES string of the molecule is CC(C)(C)C1=CCC(C(C)(C)C)=NC=C1. The summed E-state index contributed by atoms with van der Waals surface area (Å²) in [6.45, 7) is 13.4. The van der Waals surface area contributed by atoms with E-state index in [-0.39, 0.29) is 10.8 Å². The first kappa shape index (κ1) is 12.2. The third-order valence-electron chi connectivity index (χ3n) is 2.73. The summed E-state index contributed by atoms with van der Waals surface area (Å²) < 4.78 is 0. The second-order valence-electron chi connectivity index (χ2n) is 6.26. The Labute approximate surface area is 94.0 Å². The lowest BCUT2D eigenvalue weighted by Gasteiger charge is -2.21. The molecule has 0 radical (unpaired) electrons. The van der Waals surface area contributed by atoms with Crippen molar-refractivity contribution in [3.8, 4) is 0 Å². The molecule has 0 N–H and O–H groups in total. The molecule has 0 spiro atoms. The smallest absolute Gasteiger partial charge is 0.0270 e. The maximum absolute atomic E-state index is 4.54. The lowest BCUT2D eigenvalue weighted by Crippen LogP contribution is -2.19. The second kappa shape index (κ2) is 3.96. The molecule has 0 aliphatic carbocycles. The third kappa shape index (κ3) is 3.33. The fraction of sp³-hybridized carbons (Fsp3) is 0.643. The minimum atomic E-state index is 0.175. The Hall–Kier alpha value is -0.850. The van der Waals surface area contributed by atoms with Gasteiger partial charge in [-0.3, -0.25) is 4.99 Å². The van der Waals surface area contributed by atoms with Crippen molar-refractivity contribution in [3.63, 3.8) is 0 Å². The average molecular weight is 205 g/mol. The van der Waals surface area contributed by atoms with Gasteiger partial charge in [-0.05, 0) is 17.1 Å². The molecule has 0 saturated heterocycles. The molecule has 0 unspecified atom stereocenters. The number of rotatable bonds is 0. The summed E-state index contributed by atoms with van der Waals surface area (Å²) >= 11 is 0. The summed E-state index contributed by atoms with van der Waals surface area (Å²) in [6, 6.07) is 0. The molecule has 1 heterocycles. The van der Waals surface area contributed by atoms with Gasteiger partial charge in [0, 0.05) is 23.7 Å². The van der Waals surface area contributed by atoms with Crippen molar-refractivity contribution in [2.75, 3.05) is 0 Å². The second-order valence-corrected chi connectivity index (χ2v) is 6.26. The summed E-state index contributed by atoms with van der Waals surface area (Å²) in [6.07, 6.45) is 7.38. The molecule has 0 aromatic rings. The molecule has 15 heavy (non-hydrogen) atoms. The van der Waals surface area contributed by atoms with E-state index < -0.39 is 0 Å². The molecular weight excluding hydrogens is 182 g/mol. The van der Waals surface area contributed by atoms with Gasteiger partial charge in [-0.25, -0.2) is 0 Å². The normalized spacial score (nSPS) is 18.3. The summed E-state index contributed by atoms with van der Waals surface area (Å²) in [4.78, 5) is 4.54. The third-order valence-corrected chi connectivity index (χ3v) is 2.73. The van der Waals surface area contributed by atoms with E-state index in [0.717, 1.165) is 6.42 Å². The first-order valence-electron chi connectivity index (χ1n) is 5.65. The van der Waals surface area contributed by atoms with Crippen LogP contribution in [0.15, 0.2) is 28.9 Å². The lowest BCUT2D eigenvalue weighted by molar-refractivity contribution is 0.515. The molecule has 1 aliphatic rings. The molecule has 1 rings (SSSR count). The van der Waals surface area contributed by atoms with Gasteiger partial charge in [-0.1, -0.05) is 47.6 Å². The van der Waals surface area contributed by atoms with E-state index in [1.54, 1.807) is 0 Å². The highest BCUT2D eigenvalue weighted by atomic mass is 14.7. The Morgan fingerprint density at radius 1 is 1.00 bits per heavy atom. The predicted molar refractivity (Wildman–Crippen MR) is 68.2 cm³/mol. The number of hydrogen-bond donors (Lipinski definition) is 0. The van der Waals surface area contributed by atoms with Crippen LogP contribution in [0.4, 0.5) is 0 Å². The fourth-order valence-electron chi connectivity index (χ4n) is 1.59. The molecule has 0 fully saturated rings. The van der Waals surface area contributed by atoms with E-state index >= 15 is 0 Å². The maximum atomic E-state index is 4.54. The molecule has 1 aliphatic heterocycles. The quantitative estimate of drug-likeness (QED) is 0.557. The highest BCUT2D eigenvalue weighted by Crippen LogP contribution is 2.29. The van der Waals surface area contributed by atoms with E-state index in [9.17, 15) is 0 Å². The number of aliphatic imine (C=N–C) groups is 1. The molecule has 0 aromatic carbocycles. The van der Waals surface area contributed by atoms with Crippen molar-refractivity contribution in [3.05, 3.63) is 23.9 Å². The van der Waals surface area contributed by atoms with Crippen molar-refractivity contribution in [2.45, 2.75) is 48.0 Å². The van der Waals surface area contributed by atoms with E-state index in [1.807, 2.05) is 6.20 Å². The number of nitrogens with zero attached hydrogens (tertiary/aromatic N) is 1. The Morgan fingerprint density at radius 2 is 1.60 bits per heavy atom. The average Bonchev–Trinajstić information content (AvgIpc) is 2.24. The highest BCUT2D eigenvalue weighted by molar-refractivity contribution is 5.91. The van der Waals surface area contributed by atoms with Gasteiger partial charge in [-0.15, -0.1) is 0 Å². The lowest BCUT2D eigenvalue weighted by atomic mass is 9.83. The zero-order valence-electron chi connectivity index (χ0n) is 10.9. The zero-order valence-corrected chi connectivity index (χ0v) is 10.9. The fourth-order valence-corrected chi connectivity index (χ4v) is 1.59. The van der Waals surface area contributed by atoms with Crippen LogP contribution in [0.3, 0.4) is 0 Å². The van der Waals surface area contributed by atoms with Crippen LogP contribution >= 0.6 is 0 Å². The molecule has 0 atom stereocenters. The van der Waals surface area contributed by atoms with Crippen LogP contribution in [-0.4, -0.2) is 5.71 Å². The van der Waals surface area contributed by atoms with Gasteiger partial charge >= 0.3 is 0 Å². The van der Waals surface area contributed by atoms with Gasteiger partial charge < -0.3 is 0 Å². The Kier molecular flexibility index (Phi) is 3.22. The van der Waals surface area contributed by atoms with Gasteiger partial charge in [-0.2, -0.15) is 0 Å². The molecule has 0 aromatic heterocycles. The first-order chi connectivity index (χ1) is 6.71. The topological polar surface area (TPSA) is 12.4 Å². The van der Waals surface area contributed by atoms with Crippen molar-refractivity contribution in [1.82, 2.24) is 0 Å². The summed E-state index contributed by atoms with van der Waals surface area (Å²) in [5.74, 6) is 0. The molecule has 0 bridgehead atoms. The minimum absolute atomic E-state index is 0.175.